The van der Waals surface area contributed by atoms with Crippen molar-refractivity contribution in [2.24, 2.45) is 15.7 Å². The van der Waals surface area contributed by atoms with Crippen LogP contribution in [-0.4, -0.2) is 62.1 Å². The molecule has 1 saturated carbocycles. The third-order valence-electron chi connectivity index (χ3n) is 6.13. The molecule has 1 aliphatic heterocycles. The van der Waals surface area contributed by atoms with Crippen LogP contribution in [0.5, 0.6) is 0 Å². The fraction of sp³-hybridized carbons (Fsp3) is 0.542. The topological polar surface area (TPSA) is 112 Å². The van der Waals surface area contributed by atoms with E-state index in [1.54, 1.807) is 6.21 Å². The molecule has 0 amide bonds. The molecule has 0 saturated heterocycles. The van der Waals surface area contributed by atoms with Crippen LogP contribution in [0.4, 0.5) is 0 Å². The van der Waals surface area contributed by atoms with E-state index in [0.29, 0.717) is 30.2 Å². The van der Waals surface area contributed by atoms with Crippen molar-refractivity contribution in [1.29, 1.82) is 0 Å². The molecule has 0 radical (unpaired) electrons. The van der Waals surface area contributed by atoms with Gasteiger partial charge in [-0.1, -0.05) is 26.8 Å². The highest BCUT2D eigenvalue weighted by molar-refractivity contribution is 6.13. The average Bonchev–Trinajstić information content (AvgIpc) is 3.38. The molecule has 3 rings (SSSR count). The van der Waals surface area contributed by atoms with Crippen molar-refractivity contribution >= 4 is 11.9 Å². The molecule has 32 heavy (non-hydrogen) atoms. The van der Waals surface area contributed by atoms with Gasteiger partial charge in [0.1, 0.15) is 0 Å². The monoisotopic (exact) mass is 440 g/mol. The average molecular weight is 441 g/mol. The maximum absolute atomic E-state index is 9.77. The second-order valence-electron chi connectivity index (χ2n) is 8.42. The maximum atomic E-state index is 9.77. The first-order chi connectivity index (χ1) is 15.4. The Morgan fingerprint density at radius 1 is 1.25 bits per heavy atom. The van der Waals surface area contributed by atoms with Gasteiger partial charge in [0.15, 0.2) is 0 Å². The molecule has 2 aliphatic rings. The number of hydrogen-bond donors (Lipinski definition) is 3. The molecule has 8 nitrogen and oxygen atoms in total. The zero-order valence-electron chi connectivity index (χ0n) is 19.5. The van der Waals surface area contributed by atoms with E-state index in [1.165, 1.54) is 6.20 Å². The van der Waals surface area contributed by atoms with Crippen molar-refractivity contribution in [2.75, 3.05) is 7.05 Å². The Hall–Kier alpha value is -2.71. The second kappa shape index (κ2) is 10.7. The molecule has 1 unspecified atom stereocenters. The predicted octanol–water partition coefficient (Wildman–Crippen LogP) is 2.91. The van der Waals surface area contributed by atoms with Crippen molar-refractivity contribution in [3.05, 3.63) is 53.4 Å². The van der Waals surface area contributed by atoms with Crippen molar-refractivity contribution in [3.63, 3.8) is 0 Å². The number of allylic oxidation sites excluding steroid dienone is 3. The molecular weight excluding hydrogens is 404 g/mol. The summed E-state index contributed by atoms with van der Waals surface area (Å²) in [5, 5.41) is 24.2. The fourth-order valence-corrected chi connectivity index (χ4v) is 4.20. The number of nitrogens with zero attached hydrogens (tertiary/aromatic N) is 5. The third kappa shape index (κ3) is 5.19. The minimum Gasteiger partial charge on any atom is -0.404 e. The Kier molecular flexibility index (Phi) is 8.04. The molecular formula is C24H36N6O2. The molecule has 1 fully saturated rings. The zero-order chi connectivity index (χ0) is 23.3. The SMILES string of the molecule is CC/C=C1/C(c2cnn(C(CC)CC)c2)=NC(C(C=NC2C[C@@H](O)[C@@H](O)C2)=CN)=CN1C. The first-order valence-electron chi connectivity index (χ1n) is 11.5. The summed E-state index contributed by atoms with van der Waals surface area (Å²) in [5.74, 6) is 0. The quantitative estimate of drug-likeness (QED) is 0.538. The summed E-state index contributed by atoms with van der Waals surface area (Å²) in [6, 6.07) is 0.233. The second-order valence-corrected chi connectivity index (χ2v) is 8.42. The lowest BCUT2D eigenvalue weighted by Crippen LogP contribution is -2.24. The number of aliphatic hydroxyl groups excluding tert-OH is 2. The van der Waals surface area contributed by atoms with Gasteiger partial charge < -0.3 is 20.8 Å². The van der Waals surface area contributed by atoms with E-state index in [0.717, 1.165) is 36.2 Å². The van der Waals surface area contributed by atoms with E-state index in [-0.39, 0.29) is 6.04 Å². The first-order valence-corrected chi connectivity index (χ1v) is 11.5. The van der Waals surface area contributed by atoms with Crippen molar-refractivity contribution < 1.29 is 10.2 Å². The molecule has 1 aliphatic carbocycles. The van der Waals surface area contributed by atoms with Crippen LogP contribution in [-0.2, 0) is 0 Å². The minimum atomic E-state index is -0.722. The number of hydrogen-bond acceptors (Lipinski definition) is 7. The molecule has 3 atom stereocenters. The van der Waals surface area contributed by atoms with Crippen LogP contribution in [0, 0.1) is 0 Å². The number of aromatic nitrogens is 2. The van der Waals surface area contributed by atoms with Gasteiger partial charge in [-0.3, -0.25) is 9.67 Å². The summed E-state index contributed by atoms with van der Waals surface area (Å²) in [4.78, 5) is 11.5. The predicted molar refractivity (Wildman–Crippen MR) is 128 cm³/mol. The van der Waals surface area contributed by atoms with Crippen LogP contribution in [0.1, 0.15) is 64.5 Å². The van der Waals surface area contributed by atoms with E-state index in [4.69, 9.17) is 10.7 Å². The zero-order valence-corrected chi connectivity index (χ0v) is 19.5. The van der Waals surface area contributed by atoms with Crippen LogP contribution in [0.15, 0.2) is 57.8 Å². The normalized spacial score (nSPS) is 25.8. The first kappa shape index (κ1) is 23.9. The van der Waals surface area contributed by atoms with E-state index in [2.05, 4.69) is 48.0 Å². The summed E-state index contributed by atoms with van der Waals surface area (Å²) >= 11 is 0. The Morgan fingerprint density at radius 2 is 1.94 bits per heavy atom. The molecule has 1 aromatic heterocycles. The van der Waals surface area contributed by atoms with E-state index >= 15 is 0 Å². The minimum absolute atomic E-state index is 0.130. The Balaban J connectivity index is 1.92. The number of likely N-dealkylation sites (N-methyl/N-ethyl adjacent to an activating group) is 1. The van der Waals surface area contributed by atoms with Gasteiger partial charge in [-0.2, -0.15) is 5.10 Å². The lowest BCUT2D eigenvalue weighted by Gasteiger charge is -2.26. The molecule has 0 spiro atoms. The number of rotatable bonds is 8. The van der Waals surface area contributed by atoms with Gasteiger partial charge in [-0.15, -0.1) is 0 Å². The summed E-state index contributed by atoms with van der Waals surface area (Å²) < 4.78 is 2.03. The fourth-order valence-electron chi connectivity index (χ4n) is 4.20. The maximum Gasteiger partial charge on any atom is 0.0974 e. The van der Waals surface area contributed by atoms with E-state index in [9.17, 15) is 10.2 Å². The van der Waals surface area contributed by atoms with Crippen molar-refractivity contribution in [1.82, 2.24) is 14.7 Å². The molecule has 8 heteroatoms. The standard InChI is InChI=1S/C24H36N6O2/c1-5-8-21-24(17-13-27-30(14-17)19(6-2)7-3)28-20(15-29(21)4)16(11-25)12-26-18-9-22(31)23(32)10-18/h8,11-15,18-19,22-23,31-32H,5-7,9-10,25H2,1-4H3/b16-11?,21-8-,26-12?/t18?,22-,23+. The van der Waals surface area contributed by atoms with Crippen molar-refractivity contribution in [3.8, 4) is 0 Å². The number of aliphatic imine (C=N–C) groups is 2. The Morgan fingerprint density at radius 3 is 2.53 bits per heavy atom. The highest BCUT2D eigenvalue weighted by Crippen LogP contribution is 2.27. The lowest BCUT2D eigenvalue weighted by atomic mass is 10.1. The number of aliphatic hydroxyl groups is 2. The summed E-state index contributed by atoms with van der Waals surface area (Å²) in [6.45, 7) is 6.45. The molecule has 0 aromatic carbocycles. The summed E-state index contributed by atoms with van der Waals surface area (Å²) in [5.41, 5.74) is 10.2. The van der Waals surface area contributed by atoms with Gasteiger partial charge >= 0.3 is 0 Å². The summed E-state index contributed by atoms with van der Waals surface area (Å²) in [7, 11) is 2.00. The van der Waals surface area contributed by atoms with Gasteiger partial charge in [0.05, 0.1) is 47.6 Å². The van der Waals surface area contributed by atoms with Crippen LogP contribution >= 0.6 is 0 Å². The van der Waals surface area contributed by atoms with Gasteiger partial charge in [-0.25, -0.2) is 4.99 Å². The highest BCUT2D eigenvalue weighted by Gasteiger charge is 2.31. The third-order valence-corrected chi connectivity index (χ3v) is 6.13. The Labute approximate surface area is 190 Å². The van der Waals surface area contributed by atoms with E-state index < -0.39 is 12.2 Å². The largest absolute Gasteiger partial charge is 0.404 e. The van der Waals surface area contributed by atoms with Crippen LogP contribution < -0.4 is 5.73 Å². The molecule has 2 heterocycles. The molecule has 0 bridgehead atoms. The molecule has 174 valence electrons. The van der Waals surface area contributed by atoms with E-state index in [1.807, 2.05) is 24.1 Å². The van der Waals surface area contributed by atoms with Crippen LogP contribution in [0.25, 0.3) is 0 Å². The number of nitrogens with two attached hydrogens (primary N) is 1. The highest BCUT2D eigenvalue weighted by atomic mass is 16.3. The van der Waals surface area contributed by atoms with Crippen LogP contribution in [0.2, 0.25) is 0 Å². The van der Waals surface area contributed by atoms with Gasteiger partial charge in [-0.05, 0) is 32.1 Å². The Bertz CT molecular complexity index is 928. The summed E-state index contributed by atoms with van der Waals surface area (Å²) in [6.07, 6.45) is 13.6. The van der Waals surface area contributed by atoms with Gasteiger partial charge in [0.25, 0.3) is 0 Å². The smallest absolute Gasteiger partial charge is 0.0974 e. The van der Waals surface area contributed by atoms with Gasteiger partial charge in [0.2, 0.25) is 0 Å². The molecule has 4 N–H and O–H groups in total. The lowest BCUT2D eigenvalue weighted by molar-refractivity contribution is 0.0438. The van der Waals surface area contributed by atoms with Crippen molar-refractivity contribution in [2.45, 2.75) is 77.2 Å². The van der Waals surface area contributed by atoms with Crippen LogP contribution in [0.3, 0.4) is 0 Å². The molecule has 1 aromatic rings. The van der Waals surface area contributed by atoms with Gasteiger partial charge in [0, 0.05) is 43.0 Å².